The van der Waals surface area contributed by atoms with Crippen LogP contribution in [0.2, 0.25) is 0 Å². The molecule has 0 aromatic carbocycles. The quantitative estimate of drug-likeness (QED) is 0.790. The van der Waals surface area contributed by atoms with Gasteiger partial charge in [0.1, 0.15) is 0 Å². The monoisotopic (exact) mass is 227 g/mol. The summed E-state index contributed by atoms with van der Waals surface area (Å²) in [7, 11) is 0. The molecule has 94 valence electrons. The molecule has 16 heavy (non-hydrogen) atoms. The van der Waals surface area contributed by atoms with Crippen LogP contribution in [0.5, 0.6) is 0 Å². The Morgan fingerprint density at radius 2 is 1.81 bits per heavy atom. The third-order valence-corrected chi connectivity index (χ3v) is 4.15. The number of hydrogen-bond donors (Lipinski definition) is 1. The number of rotatable bonds is 4. The zero-order valence-electron chi connectivity index (χ0n) is 10.2. The van der Waals surface area contributed by atoms with Crippen LogP contribution in [0, 0.1) is 11.8 Å². The maximum absolute atomic E-state index is 9.55. The first-order valence-electron chi connectivity index (χ1n) is 6.81. The van der Waals surface area contributed by atoms with Gasteiger partial charge in [-0.05, 0) is 11.8 Å². The standard InChI is InChI=1S/C13H25NO2/c15-11-13(12-4-2-1-3-5-12)10-14-6-8-16-9-7-14/h12-13,15H,1-11H2. The van der Waals surface area contributed by atoms with E-state index in [4.69, 9.17) is 4.74 Å². The minimum absolute atomic E-state index is 0.363. The Kier molecular flexibility index (Phi) is 5.07. The molecule has 3 nitrogen and oxygen atoms in total. The first-order chi connectivity index (χ1) is 7.90. The summed E-state index contributed by atoms with van der Waals surface area (Å²) in [5.74, 6) is 1.26. The van der Waals surface area contributed by atoms with E-state index >= 15 is 0 Å². The molecule has 1 unspecified atom stereocenters. The summed E-state index contributed by atoms with van der Waals surface area (Å²) < 4.78 is 5.36. The van der Waals surface area contributed by atoms with Crippen LogP contribution in [-0.4, -0.2) is 49.5 Å². The number of morpholine rings is 1. The SMILES string of the molecule is OCC(CN1CCOCC1)C1CCCCC1. The number of aliphatic hydroxyl groups excluding tert-OH is 1. The molecule has 1 aliphatic carbocycles. The van der Waals surface area contributed by atoms with E-state index in [9.17, 15) is 5.11 Å². The van der Waals surface area contributed by atoms with E-state index in [0.29, 0.717) is 12.5 Å². The molecule has 0 spiro atoms. The summed E-state index contributed by atoms with van der Waals surface area (Å²) in [6, 6.07) is 0. The smallest absolute Gasteiger partial charge is 0.0594 e. The van der Waals surface area contributed by atoms with E-state index in [1.54, 1.807) is 0 Å². The summed E-state index contributed by atoms with van der Waals surface area (Å²) in [6.07, 6.45) is 6.78. The second-order valence-corrected chi connectivity index (χ2v) is 5.25. The van der Waals surface area contributed by atoms with Gasteiger partial charge in [0.2, 0.25) is 0 Å². The fourth-order valence-electron chi connectivity index (χ4n) is 3.08. The molecule has 0 aromatic rings. The minimum atomic E-state index is 0.363. The average Bonchev–Trinajstić information content (AvgIpc) is 2.38. The predicted octanol–water partition coefficient (Wildman–Crippen LogP) is 1.51. The first-order valence-corrected chi connectivity index (χ1v) is 6.81. The third-order valence-electron chi connectivity index (χ3n) is 4.15. The summed E-state index contributed by atoms with van der Waals surface area (Å²) in [6.45, 7) is 5.25. The highest BCUT2D eigenvalue weighted by molar-refractivity contribution is 4.77. The zero-order valence-corrected chi connectivity index (χ0v) is 10.2. The molecular weight excluding hydrogens is 202 g/mol. The van der Waals surface area contributed by atoms with E-state index in [1.165, 1.54) is 32.1 Å². The molecule has 1 saturated heterocycles. The maximum Gasteiger partial charge on any atom is 0.0594 e. The molecule has 1 aliphatic heterocycles. The fraction of sp³-hybridized carbons (Fsp3) is 1.00. The van der Waals surface area contributed by atoms with Crippen LogP contribution in [0.4, 0.5) is 0 Å². The van der Waals surface area contributed by atoms with Crippen molar-refractivity contribution in [3.05, 3.63) is 0 Å². The Hall–Kier alpha value is -0.120. The Labute approximate surface area is 98.8 Å². The van der Waals surface area contributed by atoms with Crippen molar-refractivity contribution in [3.63, 3.8) is 0 Å². The molecule has 2 aliphatic rings. The zero-order chi connectivity index (χ0) is 11.2. The fourth-order valence-corrected chi connectivity index (χ4v) is 3.08. The van der Waals surface area contributed by atoms with E-state index in [1.807, 2.05) is 0 Å². The van der Waals surface area contributed by atoms with Crippen molar-refractivity contribution in [2.75, 3.05) is 39.5 Å². The van der Waals surface area contributed by atoms with Gasteiger partial charge in [-0.25, -0.2) is 0 Å². The first kappa shape index (κ1) is 12.3. The van der Waals surface area contributed by atoms with Gasteiger partial charge >= 0.3 is 0 Å². The lowest BCUT2D eigenvalue weighted by atomic mass is 9.80. The highest BCUT2D eigenvalue weighted by Crippen LogP contribution is 2.30. The van der Waals surface area contributed by atoms with Crippen LogP contribution in [-0.2, 0) is 4.74 Å². The summed E-state index contributed by atoms with van der Waals surface area (Å²) in [5.41, 5.74) is 0. The van der Waals surface area contributed by atoms with Gasteiger partial charge in [-0.1, -0.05) is 32.1 Å². The van der Waals surface area contributed by atoms with Crippen molar-refractivity contribution in [2.45, 2.75) is 32.1 Å². The Balaban J connectivity index is 1.78. The van der Waals surface area contributed by atoms with Gasteiger partial charge in [-0.3, -0.25) is 4.90 Å². The molecule has 1 N–H and O–H groups in total. The molecule has 0 amide bonds. The van der Waals surface area contributed by atoms with E-state index < -0.39 is 0 Å². The highest BCUT2D eigenvalue weighted by Gasteiger charge is 2.25. The number of hydrogen-bond acceptors (Lipinski definition) is 3. The van der Waals surface area contributed by atoms with Gasteiger partial charge in [-0.15, -0.1) is 0 Å². The van der Waals surface area contributed by atoms with Crippen molar-refractivity contribution < 1.29 is 9.84 Å². The van der Waals surface area contributed by atoms with Crippen LogP contribution in [0.3, 0.4) is 0 Å². The lowest BCUT2D eigenvalue weighted by Crippen LogP contribution is -2.42. The topological polar surface area (TPSA) is 32.7 Å². The van der Waals surface area contributed by atoms with Gasteiger partial charge in [0.15, 0.2) is 0 Å². The number of ether oxygens (including phenoxy) is 1. The number of nitrogens with zero attached hydrogens (tertiary/aromatic N) is 1. The second kappa shape index (κ2) is 6.58. The Morgan fingerprint density at radius 3 is 2.44 bits per heavy atom. The molecule has 1 saturated carbocycles. The van der Waals surface area contributed by atoms with E-state index in [0.717, 1.165) is 38.8 Å². The van der Waals surface area contributed by atoms with Crippen LogP contribution in [0.1, 0.15) is 32.1 Å². The third kappa shape index (κ3) is 3.44. The molecule has 0 bridgehead atoms. The molecule has 1 atom stereocenters. The Morgan fingerprint density at radius 1 is 1.12 bits per heavy atom. The minimum Gasteiger partial charge on any atom is -0.396 e. The lowest BCUT2D eigenvalue weighted by Gasteiger charge is -2.35. The lowest BCUT2D eigenvalue weighted by molar-refractivity contribution is 0.0150. The molecule has 2 rings (SSSR count). The Bertz CT molecular complexity index is 186. The molecule has 3 heteroatoms. The largest absolute Gasteiger partial charge is 0.396 e. The summed E-state index contributed by atoms with van der Waals surface area (Å²) in [4.78, 5) is 2.46. The van der Waals surface area contributed by atoms with Gasteiger partial charge < -0.3 is 9.84 Å². The van der Waals surface area contributed by atoms with Crippen molar-refractivity contribution in [1.29, 1.82) is 0 Å². The van der Waals surface area contributed by atoms with Gasteiger partial charge in [0.25, 0.3) is 0 Å². The molecule has 1 heterocycles. The van der Waals surface area contributed by atoms with Crippen molar-refractivity contribution in [2.24, 2.45) is 11.8 Å². The van der Waals surface area contributed by atoms with Crippen LogP contribution < -0.4 is 0 Å². The predicted molar refractivity (Wildman–Crippen MR) is 64.4 cm³/mol. The summed E-state index contributed by atoms with van der Waals surface area (Å²) in [5, 5.41) is 9.55. The molecule has 2 fully saturated rings. The van der Waals surface area contributed by atoms with E-state index in [2.05, 4.69) is 4.90 Å². The maximum atomic E-state index is 9.55. The van der Waals surface area contributed by atoms with Gasteiger partial charge in [0.05, 0.1) is 13.2 Å². The van der Waals surface area contributed by atoms with E-state index in [-0.39, 0.29) is 0 Å². The summed E-state index contributed by atoms with van der Waals surface area (Å²) >= 11 is 0. The molecule has 0 aromatic heterocycles. The van der Waals surface area contributed by atoms with Crippen LogP contribution >= 0.6 is 0 Å². The normalized spacial score (nSPS) is 26.8. The van der Waals surface area contributed by atoms with Crippen LogP contribution in [0.15, 0.2) is 0 Å². The van der Waals surface area contributed by atoms with Crippen LogP contribution in [0.25, 0.3) is 0 Å². The molecule has 0 radical (unpaired) electrons. The highest BCUT2D eigenvalue weighted by atomic mass is 16.5. The van der Waals surface area contributed by atoms with Crippen molar-refractivity contribution in [1.82, 2.24) is 4.90 Å². The molecular formula is C13H25NO2. The van der Waals surface area contributed by atoms with Gasteiger partial charge in [0, 0.05) is 26.2 Å². The van der Waals surface area contributed by atoms with Gasteiger partial charge in [-0.2, -0.15) is 0 Å². The second-order valence-electron chi connectivity index (χ2n) is 5.25. The van der Waals surface area contributed by atoms with Crippen molar-refractivity contribution >= 4 is 0 Å². The average molecular weight is 227 g/mol. The number of aliphatic hydroxyl groups is 1. The van der Waals surface area contributed by atoms with Crippen molar-refractivity contribution in [3.8, 4) is 0 Å².